The van der Waals surface area contributed by atoms with Gasteiger partial charge in [0.25, 0.3) is 11.1 Å². The predicted molar refractivity (Wildman–Crippen MR) is 132 cm³/mol. The molecule has 0 bridgehead atoms. The molecule has 1 amide bonds. The highest BCUT2D eigenvalue weighted by Gasteiger charge is 2.27. The fourth-order valence-corrected chi connectivity index (χ4v) is 4.80. The number of methoxy groups -OCH3 is 1. The van der Waals surface area contributed by atoms with Crippen molar-refractivity contribution in [3.63, 3.8) is 0 Å². The summed E-state index contributed by atoms with van der Waals surface area (Å²) in [5.74, 6) is -1.07. The number of thioether (sulfide) groups is 1. The zero-order valence-electron chi connectivity index (χ0n) is 19.3. The van der Waals surface area contributed by atoms with E-state index in [0.29, 0.717) is 21.9 Å². The zero-order valence-corrected chi connectivity index (χ0v) is 21.7. The van der Waals surface area contributed by atoms with E-state index in [4.69, 9.17) is 30.2 Å². The van der Waals surface area contributed by atoms with Gasteiger partial charge in [0.05, 0.1) is 37.2 Å². The largest absolute Gasteiger partial charge is 0.496 e. The van der Waals surface area contributed by atoms with E-state index >= 15 is 0 Å². The second-order valence-corrected chi connectivity index (χ2v) is 9.14. The van der Waals surface area contributed by atoms with Gasteiger partial charge in [-0.2, -0.15) is 0 Å². The predicted octanol–water partition coefficient (Wildman–Crippen LogP) is 4.85. The lowest BCUT2D eigenvalue weighted by molar-refractivity contribution is -0.113. The van der Waals surface area contributed by atoms with Crippen LogP contribution < -0.4 is 10.1 Å². The maximum absolute atomic E-state index is 12.6. The van der Waals surface area contributed by atoms with Gasteiger partial charge in [-0.05, 0) is 44.5 Å². The summed E-state index contributed by atoms with van der Waals surface area (Å²) in [5, 5.41) is 11.4. The Kier molecular flexibility index (Phi) is 9.13. The maximum Gasteiger partial charge on any atom is 0.348 e. The van der Waals surface area contributed by atoms with E-state index in [-0.39, 0.29) is 45.5 Å². The molecule has 35 heavy (non-hydrogen) atoms. The number of rotatable bonds is 10. The van der Waals surface area contributed by atoms with E-state index in [2.05, 4.69) is 15.5 Å². The fraction of sp³-hybridized carbons (Fsp3) is 0.318. The summed E-state index contributed by atoms with van der Waals surface area (Å²) < 4.78 is 21.1. The molecule has 0 saturated heterocycles. The number of benzene rings is 1. The maximum atomic E-state index is 12.6. The number of nitrogens with zero attached hydrogens (tertiary/aromatic N) is 2. The van der Waals surface area contributed by atoms with Crippen molar-refractivity contribution in [2.75, 3.05) is 31.4 Å². The summed E-state index contributed by atoms with van der Waals surface area (Å²) in [6, 6.07) is 4.98. The van der Waals surface area contributed by atoms with Crippen molar-refractivity contribution in [3.8, 4) is 17.2 Å². The van der Waals surface area contributed by atoms with Crippen LogP contribution in [-0.4, -0.2) is 54.1 Å². The standard InChI is InChI=1S/C22H22ClN3O7S2/c1-5-31-20(28)16-11(3)17(21(29)32-6-2)35-19(16)24-15(27)10-34-22-26-25-18(33-22)13-9-12(23)7-8-14(13)30-4/h7-9H,5-6,10H2,1-4H3,(H,24,27). The number of anilines is 1. The Hall–Kier alpha value is -3.09. The third-order valence-electron chi connectivity index (χ3n) is 4.47. The number of carbonyl (C=O) groups is 3. The number of thiophene rings is 1. The van der Waals surface area contributed by atoms with Gasteiger partial charge in [0.15, 0.2) is 0 Å². The summed E-state index contributed by atoms with van der Waals surface area (Å²) in [6.07, 6.45) is 0. The molecule has 186 valence electrons. The normalized spacial score (nSPS) is 10.7. The molecular formula is C22H22ClN3O7S2. The van der Waals surface area contributed by atoms with Gasteiger partial charge >= 0.3 is 11.9 Å². The van der Waals surface area contributed by atoms with E-state index in [1.807, 2.05) is 0 Å². The van der Waals surface area contributed by atoms with E-state index in [1.54, 1.807) is 39.0 Å². The summed E-state index contributed by atoms with van der Waals surface area (Å²) in [5.41, 5.74) is 1.02. The molecule has 13 heteroatoms. The van der Waals surface area contributed by atoms with Crippen LogP contribution in [0.25, 0.3) is 11.5 Å². The van der Waals surface area contributed by atoms with Crippen molar-refractivity contribution < 1.29 is 33.0 Å². The van der Waals surface area contributed by atoms with Crippen molar-refractivity contribution >= 4 is 57.5 Å². The molecule has 3 rings (SSSR count). The van der Waals surface area contributed by atoms with E-state index in [0.717, 1.165) is 23.1 Å². The van der Waals surface area contributed by atoms with Crippen molar-refractivity contribution in [3.05, 3.63) is 39.2 Å². The third-order valence-corrected chi connectivity index (χ3v) is 6.71. The molecule has 0 unspecified atom stereocenters. The molecule has 1 N–H and O–H groups in total. The number of aromatic nitrogens is 2. The number of carbonyl (C=O) groups excluding carboxylic acids is 3. The van der Waals surface area contributed by atoms with Crippen LogP contribution >= 0.6 is 34.7 Å². The van der Waals surface area contributed by atoms with E-state index < -0.39 is 17.8 Å². The van der Waals surface area contributed by atoms with Crippen LogP contribution in [0.15, 0.2) is 27.8 Å². The second kappa shape index (κ2) is 12.0. The quantitative estimate of drug-likeness (QED) is 0.281. The molecule has 0 aliphatic carbocycles. The Bertz CT molecular complexity index is 1240. The number of ether oxygens (including phenoxy) is 3. The van der Waals surface area contributed by atoms with E-state index in [9.17, 15) is 14.4 Å². The van der Waals surface area contributed by atoms with Gasteiger partial charge in [0.1, 0.15) is 15.6 Å². The topological polar surface area (TPSA) is 130 Å². The first-order valence-corrected chi connectivity index (χ1v) is 12.5. The Balaban J connectivity index is 1.73. The van der Waals surface area contributed by atoms with Crippen LogP contribution in [0.1, 0.15) is 39.4 Å². The summed E-state index contributed by atoms with van der Waals surface area (Å²) >= 11 is 8.00. The Morgan fingerprint density at radius 1 is 1.14 bits per heavy atom. The molecule has 2 heterocycles. The van der Waals surface area contributed by atoms with Crippen LogP contribution in [0, 0.1) is 6.92 Å². The lowest BCUT2D eigenvalue weighted by Crippen LogP contribution is -2.16. The van der Waals surface area contributed by atoms with Gasteiger partial charge in [0, 0.05) is 5.02 Å². The van der Waals surface area contributed by atoms with Crippen LogP contribution in [-0.2, 0) is 14.3 Å². The van der Waals surface area contributed by atoms with Gasteiger partial charge in [0.2, 0.25) is 5.91 Å². The van der Waals surface area contributed by atoms with Gasteiger partial charge in [-0.15, -0.1) is 21.5 Å². The first-order valence-electron chi connectivity index (χ1n) is 10.4. The molecule has 0 spiro atoms. The Morgan fingerprint density at radius 3 is 2.54 bits per heavy atom. The fourth-order valence-electron chi connectivity index (χ4n) is 2.96. The first kappa shape index (κ1) is 26.5. The summed E-state index contributed by atoms with van der Waals surface area (Å²) in [7, 11) is 1.51. The summed E-state index contributed by atoms with van der Waals surface area (Å²) in [4.78, 5) is 37.6. The minimum atomic E-state index is -0.642. The monoisotopic (exact) mass is 539 g/mol. The molecule has 0 saturated carbocycles. The highest BCUT2D eigenvalue weighted by Crippen LogP contribution is 2.35. The van der Waals surface area contributed by atoms with Crippen molar-refractivity contribution in [2.45, 2.75) is 26.0 Å². The number of hydrogen-bond acceptors (Lipinski definition) is 11. The summed E-state index contributed by atoms with van der Waals surface area (Å²) in [6.45, 7) is 5.26. The minimum Gasteiger partial charge on any atom is -0.496 e. The smallest absolute Gasteiger partial charge is 0.348 e. The van der Waals surface area contributed by atoms with Gasteiger partial charge in [-0.1, -0.05) is 23.4 Å². The third kappa shape index (κ3) is 6.32. The average molecular weight is 540 g/mol. The molecule has 10 nitrogen and oxygen atoms in total. The molecule has 0 aliphatic rings. The molecule has 0 aliphatic heterocycles. The highest BCUT2D eigenvalue weighted by molar-refractivity contribution is 7.99. The lowest BCUT2D eigenvalue weighted by atomic mass is 10.1. The second-order valence-electron chi connectivity index (χ2n) is 6.76. The van der Waals surface area contributed by atoms with Crippen LogP contribution in [0.5, 0.6) is 5.75 Å². The molecule has 0 atom stereocenters. The molecular weight excluding hydrogens is 518 g/mol. The lowest BCUT2D eigenvalue weighted by Gasteiger charge is -2.06. The molecule has 0 radical (unpaired) electrons. The molecule has 2 aromatic heterocycles. The number of hydrogen-bond donors (Lipinski definition) is 1. The zero-order chi connectivity index (χ0) is 25.5. The minimum absolute atomic E-state index is 0.0950. The number of amides is 1. The molecule has 1 aromatic carbocycles. The Labute approximate surface area is 214 Å². The molecule has 0 fully saturated rings. The van der Waals surface area contributed by atoms with Crippen LogP contribution in [0.4, 0.5) is 5.00 Å². The van der Waals surface area contributed by atoms with Gasteiger partial charge in [-0.25, -0.2) is 9.59 Å². The highest BCUT2D eigenvalue weighted by atomic mass is 35.5. The van der Waals surface area contributed by atoms with Gasteiger partial charge < -0.3 is 23.9 Å². The number of nitrogens with one attached hydrogen (secondary N) is 1. The SMILES string of the molecule is CCOC(=O)c1sc(NC(=O)CSc2nnc(-c3cc(Cl)ccc3OC)o2)c(C(=O)OCC)c1C. The van der Waals surface area contributed by atoms with Crippen molar-refractivity contribution in [1.82, 2.24) is 10.2 Å². The van der Waals surface area contributed by atoms with Crippen molar-refractivity contribution in [2.24, 2.45) is 0 Å². The van der Waals surface area contributed by atoms with Gasteiger partial charge in [-0.3, -0.25) is 4.79 Å². The average Bonchev–Trinajstić information content (AvgIpc) is 3.42. The Morgan fingerprint density at radius 2 is 1.86 bits per heavy atom. The molecule has 3 aromatic rings. The van der Waals surface area contributed by atoms with E-state index in [1.165, 1.54) is 7.11 Å². The number of esters is 2. The number of halogens is 1. The first-order chi connectivity index (χ1) is 16.8. The van der Waals surface area contributed by atoms with Crippen LogP contribution in [0.2, 0.25) is 5.02 Å². The van der Waals surface area contributed by atoms with Crippen molar-refractivity contribution in [1.29, 1.82) is 0 Å². The van der Waals surface area contributed by atoms with Crippen LogP contribution in [0.3, 0.4) is 0 Å².